The molecule has 0 aromatic carbocycles. The van der Waals surface area contributed by atoms with Crippen LogP contribution in [0.3, 0.4) is 0 Å². The predicted octanol–water partition coefficient (Wildman–Crippen LogP) is -0.0132. The molecule has 3 nitrogen and oxygen atoms in total. The Hall–Kier alpha value is -0.350. The van der Waals surface area contributed by atoms with Gasteiger partial charge < -0.3 is 10.6 Å². The van der Waals surface area contributed by atoms with Crippen molar-refractivity contribution in [3.05, 3.63) is 0 Å². The van der Waals surface area contributed by atoms with Crippen molar-refractivity contribution in [1.29, 1.82) is 0 Å². The minimum atomic E-state index is 0.822. The largest absolute Gasteiger partial charge is 0.316 e. The van der Waals surface area contributed by atoms with Gasteiger partial charge in [-0.25, -0.2) is 0 Å². The summed E-state index contributed by atoms with van der Waals surface area (Å²) in [5, 5.41) is 7.29. The van der Waals surface area contributed by atoms with Gasteiger partial charge in [-0.3, -0.25) is 4.90 Å². The highest BCUT2D eigenvalue weighted by Crippen LogP contribution is 2.15. The first kappa shape index (κ1) is 10.2. The van der Waals surface area contributed by atoms with Gasteiger partial charge in [0.15, 0.2) is 18.4 Å². The van der Waals surface area contributed by atoms with Crippen LogP contribution in [0.15, 0.2) is 0 Å². The molecule has 4 heteroatoms. The van der Waals surface area contributed by atoms with E-state index in [0.29, 0.717) is 0 Å². The molecule has 0 spiro atoms. The first-order chi connectivity index (χ1) is 6.86. The molecule has 1 heterocycles. The third kappa shape index (κ3) is 2.58. The second-order valence-electron chi connectivity index (χ2n) is 4.38. The molecule has 0 amide bonds. The molecule has 1 saturated carbocycles. The zero-order valence-electron chi connectivity index (χ0n) is 8.64. The van der Waals surface area contributed by atoms with Gasteiger partial charge >= 0.3 is 0 Å². The number of quaternary nitrogens is 1. The Morgan fingerprint density at radius 2 is 1.57 bits per heavy atom. The summed E-state index contributed by atoms with van der Waals surface area (Å²) in [7, 11) is 0. The Balaban J connectivity index is 1.83. The van der Waals surface area contributed by atoms with Gasteiger partial charge in [0.25, 0.3) is 0 Å². The van der Waals surface area contributed by atoms with E-state index in [1.54, 1.807) is 4.90 Å². The van der Waals surface area contributed by atoms with Crippen molar-refractivity contribution >= 4 is 17.3 Å². The van der Waals surface area contributed by atoms with Crippen LogP contribution in [0.2, 0.25) is 0 Å². The van der Waals surface area contributed by atoms with Gasteiger partial charge in [0.1, 0.15) is 0 Å². The molecule has 0 unspecified atom stereocenters. The average molecular weight is 214 g/mol. The first-order valence-corrected chi connectivity index (χ1v) is 6.13. The van der Waals surface area contributed by atoms with E-state index in [9.17, 15) is 0 Å². The Bertz CT molecular complexity index is 190. The highest BCUT2D eigenvalue weighted by Gasteiger charge is 2.25. The zero-order valence-corrected chi connectivity index (χ0v) is 9.46. The van der Waals surface area contributed by atoms with Crippen LogP contribution in [0.5, 0.6) is 0 Å². The van der Waals surface area contributed by atoms with E-state index in [1.165, 1.54) is 38.5 Å². The number of nitrogens with one attached hydrogen (secondary N) is 3. The summed E-state index contributed by atoms with van der Waals surface area (Å²) in [6, 6.07) is 0.848. The number of rotatable bonds is 1. The van der Waals surface area contributed by atoms with Crippen LogP contribution in [0.1, 0.15) is 38.5 Å². The highest BCUT2D eigenvalue weighted by molar-refractivity contribution is 7.80. The van der Waals surface area contributed by atoms with Gasteiger partial charge in [0, 0.05) is 0 Å². The van der Waals surface area contributed by atoms with E-state index in [1.807, 2.05) is 0 Å². The van der Waals surface area contributed by atoms with Gasteiger partial charge in [-0.05, 0) is 37.9 Å². The number of thiocarbonyl (C=S) groups is 1. The Morgan fingerprint density at radius 1 is 1.00 bits per heavy atom. The van der Waals surface area contributed by atoms with Crippen molar-refractivity contribution in [3.8, 4) is 0 Å². The van der Waals surface area contributed by atoms with Gasteiger partial charge in [-0.15, -0.1) is 0 Å². The zero-order chi connectivity index (χ0) is 9.80. The van der Waals surface area contributed by atoms with E-state index >= 15 is 0 Å². The molecular formula is C10H20N3S+. The van der Waals surface area contributed by atoms with Gasteiger partial charge in [-0.1, -0.05) is 12.8 Å². The Morgan fingerprint density at radius 3 is 2.14 bits per heavy atom. The van der Waals surface area contributed by atoms with E-state index in [2.05, 4.69) is 10.6 Å². The quantitative estimate of drug-likeness (QED) is 0.423. The normalized spacial score (nSPS) is 26.4. The van der Waals surface area contributed by atoms with E-state index in [4.69, 9.17) is 12.2 Å². The molecule has 2 fully saturated rings. The van der Waals surface area contributed by atoms with Crippen molar-refractivity contribution in [2.75, 3.05) is 13.3 Å². The fraction of sp³-hybridized carbons (Fsp3) is 0.900. The van der Waals surface area contributed by atoms with Crippen LogP contribution in [-0.4, -0.2) is 24.5 Å². The summed E-state index contributed by atoms with van der Waals surface area (Å²) in [6.45, 7) is 2.02. The van der Waals surface area contributed by atoms with Crippen molar-refractivity contribution in [3.63, 3.8) is 0 Å². The van der Waals surface area contributed by atoms with Gasteiger partial charge in [0.2, 0.25) is 0 Å². The standard InChI is InChI=1S/C10H19N3S/c14-10-11-7-13(8-12-10)9-5-3-1-2-4-6-9/h9H,1-8H2,(H2,11,12,14)/p+1. The summed E-state index contributed by atoms with van der Waals surface area (Å²) in [5.41, 5.74) is 0. The van der Waals surface area contributed by atoms with Crippen molar-refractivity contribution < 1.29 is 4.90 Å². The number of hydrogen-bond acceptors (Lipinski definition) is 1. The highest BCUT2D eigenvalue weighted by atomic mass is 32.1. The fourth-order valence-corrected chi connectivity index (χ4v) is 2.63. The van der Waals surface area contributed by atoms with Crippen LogP contribution in [0, 0.1) is 0 Å². The summed E-state index contributed by atoms with van der Waals surface area (Å²) >= 11 is 5.05. The molecule has 2 rings (SSSR count). The molecule has 0 aromatic heterocycles. The van der Waals surface area contributed by atoms with Crippen LogP contribution in [0.25, 0.3) is 0 Å². The van der Waals surface area contributed by atoms with Crippen LogP contribution in [0.4, 0.5) is 0 Å². The molecule has 0 atom stereocenters. The maximum Gasteiger partial charge on any atom is 0.174 e. The number of hydrogen-bond donors (Lipinski definition) is 3. The maximum absolute atomic E-state index is 5.05. The lowest BCUT2D eigenvalue weighted by atomic mass is 10.1. The van der Waals surface area contributed by atoms with Crippen LogP contribution >= 0.6 is 12.2 Å². The van der Waals surface area contributed by atoms with Crippen LogP contribution < -0.4 is 15.5 Å². The summed E-state index contributed by atoms with van der Waals surface area (Å²) < 4.78 is 0. The van der Waals surface area contributed by atoms with Gasteiger partial charge in [-0.2, -0.15) is 0 Å². The minimum absolute atomic E-state index is 0.822. The molecule has 14 heavy (non-hydrogen) atoms. The lowest BCUT2D eigenvalue weighted by Gasteiger charge is -2.32. The first-order valence-electron chi connectivity index (χ1n) is 5.72. The van der Waals surface area contributed by atoms with E-state index in [-0.39, 0.29) is 0 Å². The van der Waals surface area contributed by atoms with Crippen molar-refractivity contribution in [2.45, 2.75) is 44.6 Å². The molecule has 0 aromatic rings. The molecule has 80 valence electrons. The third-order valence-electron chi connectivity index (χ3n) is 3.38. The Labute approximate surface area is 91.2 Å². The SMILES string of the molecule is S=C1NC[NH+](C2CCCCCC2)CN1. The van der Waals surface area contributed by atoms with Crippen molar-refractivity contribution in [1.82, 2.24) is 10.6 Å². The van der Waals surface area contributed by atoms with Crippen LogP contribution in [-0.2, 0) is 0 Å². The molecule has 0 radical (unpaired) electrons. The third-order valence-corrected chi connectivity index (χ3v) is 3.67. The molecule has 1 saturated heterocycles. The summed E-state index contributed by atoms with van der Waals surface area (Å²) in [5.74, 6) is 0. The average Bonchev–Trinajstić information content (AvgIpc) is 2.47. The lowest BCUT2D eigenvalue weighted by Crippen LogP contribution is -3.20. The molecule has 0 bridgehead atoms. The summed E-state index contributed by atoms with van der Waals surface area (Å²) in [4.78, 5) is 1.64. The Kier molecular flexibility index (Phi) is 3.59. The predicted molar refractivity (Wildman–Crippen MR) is 61.1 cm³/mol. The monoisotopic (exact) mass is 214 g/mol. The topological polar surface area (TPSA) is 28.5 Å². The minimum Gasteiger partial charge on any atom is -0.316 e. The molecule has 3 N–H and O–H groups in total. The van der Waals surface area contributed by atoms with Gasteiger partial charge in [0.05, 0.1) is 6.04 Å². The van der Waals surface area contributed by atoms with E-state index in [0.717, 1.165) is 24.5 Å². The second-order valence-corrected chi connectivity index (χ2v) is 4.79. The molecular weight excluding hydrogens is 194 g/mol. The maximum atomic E-state index is 5.05. The molecule has 1 aliphatic carbocycles. The summed E-state index contributed by atoms with van der Waals surface area (Å²) in [6.07, 6.45) is 8.49. The smallest absolute Gasteiger partial charge is 0.174 e. The lowest BCUT2D eigenvalue weighted by molar-refractivity contribution is -0.932. The fourth-order valence-electron chi connectivity index (χ4n) is 2.49. The molecule has 1 aliphatic heterocycles. The second kappa shape index (κ2) is 4.94. The van der Waals surface area contributed by atoms with Crippen molar-refractivity contribution in [2.24, 2.45) is 0 Å². The molecule has 2 aliphatic rings. The van der Waals surface area contributed by atoms with E-state index < -0.39 is 0 Å².